The zero-order valence-corrected chi connectivity index (χ0v) is 13.7. The standard InChI is InChI=1S/C18H26OS/c1-18(2,3)15-9-10-17(19)14(13-15)11-12-20-16-7-5-4-6-8-16/h4-8,14-15H,9-13H2,1-3H3. The van der Waals surface area contributed by atoms with E-state index in [4.69, 9.17) is 0 Å². The third-order valence-corrected chi connectivity index (χ3v) is 5.51. The van der Waals surface area contributed by atoms with Gasteiger partial charge >= 0.3 is 0 Å². The average Bonchev–Trinajstić information content (AvgIpc) is 2.41. The minimum Gasteiger partial charge on any atom is -0.299 e. The van der Waals surface area contributed by atoms with Gasteiger partial charge in [0.05, 0.1) is 0 Å². The highest BCUT2D eigenvalue weighted by atomic mass is 32.2. The van der Waals surface area contributed by atoms with Crippen molar-refractivity contribution in [3.8, 4) is 0 Å². The highest BCUT2D eigenvalue weighted by Crippen LogP contribution is 2.40. The lowest BCUT2D eigenvalue weighted by atomic mass is 9.68. The zero-order valence-electron chi connectivity index (χ0n) is 12.9. The number of thioether (sulfide) groups is 1. The Morgan fingerprint density at radius 3 is 2.55 bits per heavy atom. The first-order valence-electron chi connectivity index (χ1n) is 7.67. The van der Waals surface area contributed by atoms with E-state index in [-0.39, 0.29) is 0 Å². The van der Waals surface area contributed by atoms with E-state index in [1.807, 2.05) is 17.8 Å². The summed E-state index contributed by atoms with van der Waals surface area (Å²) in [6.45, 7) is 6.93. The molecule has 2 atom stereocenters. The first-order chi connectivity index (χ1) is 9.47. The van der Waals surface area contributed by atoms with Gasteiger partial charge in [-0.25, -0.2) is 0 Å². The molecule has 2 unspecified atom stereocenters. The number of benzene rings is 1. The molecule has 0 radical (unpaired) electrons. The fraction of sp³-hybridized carbons (Fsp3) is 0.611. The van der Waals surface area contributed by atoms with E-state index < -0.39 is 0 Å². The van der Waals surface area contributed by atoms with Gasteiger partial charge in [0.25, 0.3) is 0 Å². The summed E-state index contributed by atoms with van der Waals surface area (Å²) in [6.07, 6.45) is 4.01. The predicted molar refractivity (Wildman–Crippen MR) is 87.1 cm³/mol. The Labute approximate surface area is 127 Å². The maximum atomic E-state index is 12.1. The van der Waals surface area contributed by atoms with Crippen LogP contribution in [0.4, 0.5) is 0 Å². The lowest BCUT2D eigenvalue weighted by molar-refractivity contribution is -0.126. The monoisotopic (exact) mass is 290 g/mol. The van der Waals surface area contributed by atoms with E-state index in [2.05, 4.69) is 45.0 Å². The topological polar surface area (TPSA) is 17.1 Å². The van der Waals surface area contributed by atoms with Crippen LogP contribution in [-0.2, 0) is 4.79 Å². The summed E-state index contributed by atoms with van der Waals surface area (Å²) in [7, 11) is 0. The van der Waals surface area contributed by atoms with Crippen LogP contribution in [0, 0.1) is 17.3 Å². The smallest absolute Gasteiger partial charge is 0.136 e. The molecule has 0 saturated heterocycles. The number of carbonyl (C=O) groups is 1. The van der Waals surface area contributed by atoms with Crippen LogP contribution >= 0.6 is 11.8 Å². The predicted octanol–water partition coefficient (Wildman–Crippen LogP) is 5.20. The van der Waals surface area contributed by atoms with Gasteiger partial charge in [-0.1, -0.05) is 39.0 Å². The minimum atomic E-state index is 0.296. The molecule has 0 aromatic heterocycles. The molecule has 1 aromatic rings. The van der Waals surface area contributed by atoms with Gasteiger partial charge in [0.15, 0.2) is 0 Å². The van der Waals surface area contributed by atoms with Gasteiger partial charge in [-0.15, -0.1) is 11.8 Å². The number of ketones is 1. The van der Waals surface area contributed by atoms with Crippen molar-refractivity contribution < 1.29 is 4.79 Å². The molecule has 2 rings (SSSR count). The van der Waals surface area contributed by atoms with E-state index in [1.54, 1.807) is 0 Å². The molecule has 0 amide bonds. The van der Waals surface area contributed by atoms with Crippen LogP contribution in [0.5, 0.6) is 0 Å². The van der Waals surface area contributed by atoms with Crippen molar-refractivity contribution in [2.75, 3.05) is 5.75 Å². The van der Waals surface area contributed by atoms with E-state index in [1.165, 1.54) is 4.90 Å². The summed E-state index contributed by atoms with van der Waals surface area (Å²) in [5, 5.41) is 0. The second-order valence-electron chi connectivity index (χ2n) is 6.95. The first kappa shape index (κ1) is 15.6. The quantitative estimate of drug-likeness (QED) is 0.709. The number of rotatable bonds is 4. The van der Waals surface area contributed by atoms with Crippen molar-refractivity contribution in [3.05, 3.63) is 30.3 Å². The maximum Gasteiger partial charge on any atom is 0.136 e. The number of hydrogen-bond acceptors (Lipinski definition) is 2. The van der Waals surface area contributed by atoms with E-state index in [0.717, 1.165) is 31.4 Å². The van der Waals surface area contributed by atoms with Crippen LogP contribution < -0.4 is 0 Å². The number of hydrogen-bond donors (Lipinski definition) is 0. The molecule has 0 aliphatic heterocycles. The third kappa shape index (κ3) is 4.37. The molecule has 0 spiro atoms. The highest BCUT2D eigenvalue weighted by molar-refractivity contribution is 7.99. The lowest BCUT2D eigenvalue weighted by Crippen LogP contribution is -2.32. The van der Waals surface area contributed by atoms with Gasteiger partial charge in [-0.3, -0.25) is 4.79 Å². The lowest BCUT2D eigenvalue weighted by Gasteiger charge is -2.37. The molecule has 1 nitrogen and oxygen atoms in total. The van der Waals surface area contributed by atoms with E-state index in [0.29, 0.717) is 23.0 Å². The molecule has 2 heteroatoms. The Balaban J connectivity index is 1.83. The van der Waals surface area contributed by atoms with Gasteiger partial charge < -0.3 is 0 Å². The summed E-state index contributed by atoms with van der Waals surface area (Å²) in [6, 6.07) is 10.5. The van der Waals surface area contributed by atoms with Crippen molar-refractivity contribution in [1.82, 2.24) is 0 Å². The second-order valence-corrected chi connectivity index (χ2v) is 8.12. The summed E-state index contributed by atoms with van der Waals surface area (Å²) in [5.74, 6) is 2.55. The molecule has 1 aliphatic carbocycles. The largest absolute Gasteiger partial charge is 0.299 e. The van der Waals surface area contributed by atoms with Crippen molar-refractivity contribution in [3.63, 3.8) is 0 Å². The molecule has 0 N–H and O–H groups in total. The fourth-order valence-electron chi connectivity index (χ4n) is 3.01. The number of Topliss-reactive ketones (excluding diaryl/α,β-unsaturated/α-hetero) is 1. The molecule has 1 fully saturated rings. The highest BCUT2D eigenvalue weighted by Gasteiger charge is 2.34. The average molecular weight is 290 g/mol. The summed E-state index contributed by atoms with van der Waals surface area (Å²) in [4.78, 5) is 13.4. The fourth-order valence-corrected chi connectivity index (χ4v) is 4.00. The molecule has 20 heavy (non-hydrogen) atoms. The van der Waals surface area contributed by atoms with Gasteiger partial charge in [-0.05, 0) is 48.5 Å². The van der Waals surface area contributed by atoms with Gasteiger partial charge in [0.1, 0.15) is 5.78 Å². The molecule has 0 heterocycles. The minimum absolute atomic E-state index is 0.296. The van der Waals surface area contributed by atoms with Crippen LogP contribution in [0.3, 0.4) is 0 Å². The molecular weight excluding hydrogens is 264 g/mol. The molecule has 1 saturated carbocycles. The SMILES string of the molecule is CC(C)(C)C1CCC(=O)C(CCSc2ccccc2)C1. The Kier molecular flexibility index (Phi) is 5.31. The first-order valence-corrected chi connectivity index (χ1v) is 8.66. The van der Waals surface area contributed by atoms with Crippen molar-refractivity contribution >= 4 is 17.5 Å². The summed E-state index contributed by atoms with van der Waals surface area (Å²) < 4.78 is 0. The van der Waals surface area contributed by atoms with Crippen LogP contribution in [0.25, 0.3) is 0 Å². The summed E-state index contributed by atoms with van der Waals surface area (Å²) >= 11 is 1.87. The summed E-state index contributed by atoms with van der Waals surface area (Å²) in [5.41, 5.74) is 0.339. The Morgan fingerprint density at radius 2 is 1.90 bits per heavy atom. The zero-order chi connectivity index (χ0) is 14.6. The molecular formula is C18H26OS. The third-order valence-electron chi connectivity index (χ3n) is 4.47. The van der Waals surface area contributed by atoms with Crippen LogP contribution in [0.15, 0.2) is 35.2 Å². The van der Waals surface area contributed by atoms with Gasteiger partial charge in [-0.2, -0.15) is 0 Å². The van der Waals surface area contributed by atoms with E-state index in [9.17, 15) is 4.79 Å². The Morgan fingerprint density at radius 1 is 1.20 bits per heavy atom. The molecule has 0 bridgehead atoms. The van der Waals surface area contributed by atoms with Crippen LogP contribution in [0.1, 0.15) is 46.5 Å². The normalized spacial score (nSPS) is 23.9. The molecule has 1 aliphatic rings. The van der Waals surface area contributed by atoms with Crippen molar-refractivity contribution in [2.45, 2.75) is 51.3 Å². The van der Waals surface area contributed by atoms with Crippen LogP contribution in [0.2, 0.25) is 0 Å². The molecule has 110 valence electrons. The second kappa shape index (κ2) is 6.80. The molecule has 1 aromatic carbocycles. The van der Waals surface area contributed by atoms with Crippen molar-refractivity contribution in [1.29, 1.82) is 0 Å². The Hall–Kier alpha value is -0.760. The van der Waals surface area contributed by atoms with Crippen molar-refractivity contribution in [2.24, 2.45) is 17.3 Å². The number of carbonyl (C=O) groups excluding carboxylic acids is 1. The maximum absolute atomic E-state index is 12.1. The van der Waals surface area contributed by atoms with Crippen LogP contribution in [-0.4, -0.2) is 11.5 Å². The van der Waals surface area contributed by atoms with E-state index >= 15 is 0 Å². The Bertz CT molecular complexity index is 432. The van der Waals surface area contributed by atoms with Gasteiger partial charge in [0, 0.05) is 17.2 Å². The van der Waals surface area contributed by atoms with Gasteiger partial charge in [0.2, 0.25) is 0 Å².